The summed E-state index contributed by atoms with van der Waals surface area (Å²) in [6, 6.07) is -0.172. The Morgan fingerprint density at radius 1 is 1.35 bits per heavy atom. The summed E-state index contributed by atoms with van der Waals surface area (Å²) in [5, 5.41) is 5.00. The van der Waals surface area contributed by atoms with Gasteiger partial charge in [0.25, 0.3) is 0 Å². The first-order valence-corrected chi connectivity index (χ1v) is 6.60. The molecule has 1 aliphatic heterocycles. The molecular weight excluding hydrogens is 218 g/mol. The van der Waals surface area contributed by atoms with Crippen LogP contribution < -0.4 is 10.7 Å². The van der Waals surface area contributed by atoms with Gasteiger partial charge in [0, 0.05) is 19.6 Å². The molecule has 1 aliphatic rings. The standard InChI is InChI=1S/C12H25N3O2/c1-3-4-5-6-13-12(16)11(2)14-15-7-9-17-10-8-15/h11,14H,3-10H2,1-2H3,(H,13,16). The van der Waals surface area contributed by atoms with Crippen molar-refractivity contribution >= 4 is 5.91 Å². The molecule has 5 heteroatoms. The lowest BCUT2D eigenvalue weighted by atomic mass is 10.2. The van der Waals surface area contributed by atoms with Gasteiger partial charge in [-0.15, -0.1) is 0 Å². The molecule has 1 fully saturated rings. The number of rotatable bonds is 7. The fourth-order valence-electron chi connectivity index (χ4n) is 1.76. The Bertz CT molecular complexity index is 218. The van der Waals surface area contributed by atoms with E-state index in [1.54, 1.807) is 0 Å². The summed E-state index contributed by atoms with van der Waals surface area (Å²) in [7, 11) is 0. The third-order valence-electron chi connectivity index (χ3n) is 2.86. The van der Waals surface area contributed by atoms with Crippen molar-refractivity contribution in [1.82, 2.24) is 15.8 Å². The van der Waals surface area contributed by atoms with E-state index in [0.717, 1.165) is 39.3 Å². The molecular formula is C12H25N3O2. The highest BCUT2D eigenvalue weighted by molar-refractivity contribution is 5.81. The van der Waals surface area contributed by atoms with Gasteiger partial charge >= 0.3 is 0 Å². The number of morpholine rings is 1. The van der Waals surface area contributed by atoms with Gasteiger partial charge in [0.15, 0.2) is 0 Å². The Morgan fingerprint density at radius 3 is 2.71 bits per heavy atom. The van der Waals surface area contributed by atoms with Crippen LogP contribution in [0.25, 0.3) is 0 Å². The molecule has 1 unspecified atom stereocenters. The molecule has 1 atom stereocenters. The van der Waals surface area contributed by atoms with E-state index >= 15 is 0 Å². The van der Waals surface area contributed by atoms with Gasteiger partial charge in [0.05, 0.1) is 19.3 Å². The number of carbonyl (C=O) groups excluding carboxylic acids is 1. The summed E-state index contributed by atoms with van der Waals surface area (Å²) in [4.78, 5) is 11.7. The van der Waals surface area contributed by atoms with E-state index in [9.17, 15) is 4.79 Å². The molecule has 0 aromatic heterocycles. The maximum atomic E-state index is 11.7. The number of carbonyl (C=O) groups is 1. The maximum Gasteiger partial charge on any atom is 0.238 e. The van der Waals surface area contributed by atoms with Crippen LogP contribution in [0.15, 0.2) is 0 Å². The minimum Gasteiger partial charge on any atom is -0.379 e. The van der Waals surface area contributed by atoms with E-state index in [0.29, 0.717) is 0 Å². The fourth-order valence-corrected chi connectivity index (χ4v) is 1.76. The average Bonchev–Trinajstić information content (AvgIpc) is 2.35. The number of nitrogens with zero attached hydrogens (tertiary/aromatic N) is 1. The van der Waals surface area contributed by atoms with Gasteiger partial charge < -0.3 is 10.1 Å². The summed E-state index contributed by atoms with van der Waals surface area (Å²) in [6.45, 7) is 7.98. The molecule has 0 bridgehead atoms. The van der Waals surface area contributed by atoms with Gasteiger partial charge in [0.2, 0.25) is 5.91 Å². The Hall–Kier alpha value is -0.650. The average molecular weight is 243 g/mol. The van der Waals surface area contributed by atoms with Crippen molar-refractivity contribution in [3.05, 3.63) is 0 Å². The van der Waals surface area contributed by atoms with Crippen molar-refractivity contribution in [2.75, 3.05) is 32.8 Å². The van der Waals surface area contributed by atoms with Crippen LogP contribution in [-0.2, 0) is 9.53 Å². The van der Waals surface area contributed by atoms with Crippen molar-refractivity contribution in [3.8, 4) is 0 Å². The zero-order valence-corrected chi connectivity index (χ0v) is 11.0. The lowest BCUT2D eigenvalue weighted by Gasteiger charge is -2.29. The smallest absolute Gasteiger partial charge is 0.238 e. The van der Waals surface area contributed by atoms with E-state index in [2.05, 4.69) is 22.7 Å². The van der Waals surface area contributed by atoms with Crippen LogP contribution >= 0.6 is 0 Å². The van der Waals surface area contributed by atoms with Crippen LogP contribution in [0.3, 0.4) is 0 Å². The second kappa shape index (κ2) is 8.44. The Kier molecular flexibility index (Phi) is 7.16. The van der Waals surface area contributed by atoms with E-state index in [1.807, 2.05) is 6.92 Å². The molecule has 1 rings (SSSR count). The highest BCUT2D eigenvalue weighted by atomic mass is 16.5. The van der Waals surface area contributed by atoms with Gasteiger partial charge in [0.1, 0.15) is 0 Å². The summed E-state index contributed by atoms with van der Waals surface area (Å²) < 4.78 is 5.25. The molecule has 17 heavy (non-hydrogen) atoms. The molecule has 5 nitrogen and oxygen atoms in total. The summed E-state index contributed by atoms with van der Waals surface area (Å²) in [5.41, 5.74) is 3.20. The van der Waals surface area contributed by atoms with E-state index in [4.69, 9.17) is 4.74 Å². The van der Waals surface area contributed by atoms with Crippen LogP contribution in [0.1, 0.15) is 33.1 Å². The lowest BCUT2D eigenvalue weighted by Crippen LogP contribution is -2.54. The predicted octanol–water partition coefficient (Wildman–Crippen LogP) is 0.518. The van der Waals surface area contributed by atoms with Gasteiger partial charge in [-0.1, -0.05) is 19.8 Å². The number of hydrazine groups is 1. The highest BCUT2D eigenvalue weighted by Crippen LogP contribution is 1.95. The first-order chi connectivity index (χ1) is 8.24. The first kappa shape index (κ1) is 14.4. The van der Waals surface area contributed by atoms with E-state index < -0.39 is 0 Å². The van der Waals surface area contributed by atoms with Crippen molar-refractivity contribution < 1.29 is 9.53 Å². The van der Waals surface area contributed by atoms with Crippen LogP contribution in [0, 0.1) is 0 Å². The Morgan fingerprint density at radius 2 is 2.06 bits per heavy atom. The van der Waals surface area contributed by atoms with Crippen LogP contribution in [-0.4, -0.2) is 49.8 Å². The largest absolute Gasteiger partial charge is 0.379 e. The van der Waals surface area contributed by atoms with Crippen LogP contribution in [0.5, 0.6) is 0 Å². The fraction of sp³-hybridized carbons (Fsp3) is 0.917. The van der Waals surface area contributed by atoms with Gasteiger partial charge in [-0.2, -0.15) is 0 Å². The van der Waals surface area contributed by atoms with Crippen LogP contribution in [0.2, 0.25) is 0 Å². The minimum atomic E-state index is -0.172. The zero-order chi connectivity index (χ0) is 12.5. The third kappa shape index (κ3) is 6.00. The van der Waals surface area contributed by atoms with Gasteiger partial charge in [-0.05, 0) is 13.3 Å². The molecule has 0 saturated carbocycles. The molecule has 1 amide bonds. The predicted molar refractivity (Wildman–Crippen MR) is 67.5 cm³/mol. The zero-order valence-electron chi connectivity index (χ0n) is 11.0. The molecule has 0 aromatic carbocycles. The third-order valence-corrected chi connectivity index (χ3v) is 2.86. The van der Waals surface area contributed by atoms with Crippen molar-refractivity contribution in [3.63, 3.8) is 0 Å². The molecule has 0 spiro atoms. The Labute approximate surface area is 104 Å². The topological polar surface area (TPSA) is 53.6 Å². The summed E-state index contributed by atoms with van der Waals surface area (Å²) in [6.07, 6.45) is 3.41. The maximum absolute atomic E-state index is 11.7. The highest BCUT2D eigenvalue weighted by Gasteiger charge is 2.17. The SMILES string of the molecule is CCCCCNC(=O)C(C)NN1CCOCC1. The normalized spacial score (nSPS) is 18.9. The van der Waals surface area contributed by atoms with E-state index in [1.165, 1.54) is 12.8 Å². The minimum absolute atomic E-state index is 0.0765. The molecule has 0 radical (unpaired) electrons. The summed E-state index contributed by atoms with van der Waals surface area (Å²) >= 11 is 0. The lowest BCUT2D eigenvalue weighted by molar-refractivity contribution is -0.124. The second-order valence-corrected chi connectivity index (χ2v) is 4.45. The number of unbranched alkanes of at least 4 members (excludes halogenated alkanes) is 2. The van der Waals surface area contributed by atoms with Crippen LogP contribution in [0.4, 0.5) is 0 Å². The molecule has 2 N–H and O–H groups in total. The van der Waals surface area contributed by atoms with Crippen molar-refractivity contribution in [1.29, 1.82) is 0 Å². The second-order valence-electron chi connectivity index (χ2n) is 4.45. The quantitative estimate of drug-likeness (QED) is 0.640. The number of hydrogen-bond donors (Lipinski definition) is 2. The molecule has 0 aliphatic carbocycles. The number of hydrogen-bond acceptors (Lipinski definition) is 4. The van der Waals surface area contributed by atoms with Crippen molar-refractivity contribution in [2.24, 2.45) is 0 Å². The number of nitrogens with one attached hydrogen (secondary N) is 2. The van der Waals surface area contributed by atoms with Crippen molar-refractivity contribution in [2.45, 2.75) is 39.2 Å². The molecule has 1 heterocycles. The van der Waals surface area contributed by atoms with E-state index in [-0.39, 0.29) is 11.9 Å². The molecule has 0 aromatic rings. The van der Waals surface area contributed by atoms with Gasteiger partial charge in [-0.25, -0.2) is 10.4 Å². The number of ether oxygens (including phenoxy) is 1. The first-order valence-electron chi connectivity index (χ1n) is 6.60. The molecule has 100 valence electrons. The molecule has 1 saturated heterocycles. The summed E-state index contributed by atoms with van der Waals surface area (Å²) in [5.74, 6) is 0.0765. The Balaban J connectivity index is 2.12. The number of amides is 1. The van der Waals surface area contributed by atoms with Gasteiger partial charge in [-0.3, -0.25) is 4.79 Å². The monoisotopic (exact) mass is 243 g/mol.